The molecule has 1 N–H and O–H groups in total. The van der Waals surface area contributed by atoms with Gasteiger partial charge in [-0.2, -0.15) is 11.8 Å². The smallest absolute Gasteiger partial charge is 0.348 e. The first-order chi connectivity index (χ1) is 9.07. The normalized spacial score (nSPS) is 22.8. The molecule has 0 aromatic heterocycles. The van der Waals surface area contributed by atoms with Crippen molar-refractivity contribution in [3.8, 4) is 5.75 Å². The number of benzene rings is 1. The van der Waals surface area contributed by atoms with E-state index in [1.807, 2.05) is 0 Å². The Morgan fingerprint density at radius 1 is 1.53 bits per heavy atom. The number of aliphatic carboxylic acids is 1. The minimum absolute atomic E-state index is 0.251. The monoisotopic (exact) mass is 300 g/mol. The number of halogens is 1. The average molecular weight is 301 g/mol. The standard InChI is InChI=1S/C13H13ClO4S/c14-10-6-9(7-15)2-3-11(10)18-13(12(16)17)4-1-5-19-8-13/h2-3,6-7H,1,4-5,8H2,(H,16,17). The second-order valence-corrected chi connectivity index (χ2v) is 5.88. The van der Waals surface area contributed by atoms with E-state index >= 15 is 0 Å². The lowest BCUT2D eigenvalue weighted by Crippen LogP contribution is -2.49. The van der Waals surface area contributed by atoms with Gasteiger partial charge >= 0.3 is 5.97 Å². The Morgan fingerprint density at radius 3 is 2.84 bits per heavy atom. The second kappa shape index (κ2) is 5.84. The zero-order chi connectivity index (χ0) is 13.9. The second-order valence-electron chi connectivity index (χ2n) is 4.37. The van der Waals surface area contributed by atoms with Gasteiger partial charge in [-0.15, -0.1) is 0 Å². The van der Waals surface area contributed by atoms with Crippen molar-refractivity contribution in [2.45, 2.75) is 18.4 Å². The van der Waals surface area contributed by atoms with Crippen LogP contribution in [0.5, 0.6) is 5.75 Å². The fourth-order valence-corrected chi connectivity index (χ4v) is 3.32. The van der Waals surface area contributed by atoms with Crippen molar-refractivity contribution >= 4 is 35.6 Å². The van der Waals surface area contributed by atoms with E-state index in [0.29, 0.717) is 29.8 Å². The highest BCUT2D eigenvalue weighted by atomic mass is 35.5. The number of thioether (sulfide) groups is 1. The number of aldehydes is 1. The minimum Gasteiger partial charge on any atom is -0.478 e. The van der Waals surface area contributed by atoms with Gasteiger partial charge in [0.2, 0.25) is 5.60 Å². The van der Waals surface area contributed by atoms with Gasteiger partial charge in [-0.05, 0) is 36.8 Å². The van der Waals surface area contributed by atoms with Gasteiger partial charge in [0.15, 0.2) is 0 Å². The first kappa shape index (κ1) is 14.2. The van der Waals surface area contributed by atoms with Crippen molar-refractivity contribution in [2.24, 2.45) is 0 Å². The van der Waals surface area contributed by atoms with E-state index in [2.05, 4.69) is 0 Å². The van der Waals surface area contributed by atoms with Crippen molar-refractivity contribution in [3.63, 3.8) is 0 Å². The van der Waals surface area contributed by atoms with Crippen molar-refractivity contribution in [3.05, 3.63) is 28.8 Å². The number of hydrogen-bond acceptors (Lipinski definition) is 4. The summed E-state index contributed by atoms with van der Waals surface area (Å²) in [7, 11) is 0. The SMILES string of the molecule is O=Cc1ccc(OC2(C(=O)O)CCCSC2)c(Cl)c1. The number of carbonyl (C=O) groups is 2. The lowest BCUT2D eigenvalue weighted by molar-refractivity contribution is -0.154. The highest BCUT2D eigenvalue weighted by molar-refractivity contribution is 7.99. The van der Waals surface area contributed by atoms with Gasteiger partial charge in [0, 0.05) is 11.3 Å². The Kier molecular flexibility index (Phi) is 4.37. The molecule has 19 heavy (non-hydrogen) atoms. The Bertz CT molecular complexity index is 497. The maximum atomic E-state index is 11.5. The zero-order valence-corrected chi connectivity index (χ0v) is 11.7. The molecular formula is C13H13ClO4S. The lowest BCUT2D eigenvalue weighted by Gasteiger charge is -2.33. The third kappa shape index (κ3) is 3.04. The average Bonchev–Trinajstić information content (AvgIpc) is 2.42. The number of hydrogen-bond donors (Lipinski definition) is 1. The molecular weight excluding hydrogens is 288 g/mol. The predicted molar refractivity (Wildman–Crippen MR) is 74.4 cm³/mol. The molecule has 2 rings (SSSR count). The fraction of sp³-hybridized carbons (Fsp3) is 0.385. The van der Waals surface area contributed by atoms with E-state index in [9.17, 15) is 14.7 Å². The topological polar surface area (TPSA) is 63.6 Å². The molecule has 1 aliphatic heterocycles. The number of carbonyl (C=O) groups excluding carboxylic acids is 1. The number of carboxylic acids is 1. The van der Waals surface area contributed by atoms with Gasteiger partial charge in [-0.3, -0.25) is 4.79 Å². The third-order valence-electron chi connectivity index (χ3n) is 2.99. The molecule has 6 heteroatoms. The first-order valence-corrected chi connectivity index (χ1v) is 7.35. The summed E-state index contributed by atoms with van der Waals surface area (Å²) in [6, 6.07) is 4.56. The van der Waals surface area contributed by atoms with Crippen LogP contribution in [0.1, 0.15) is 23.2 Å². The van der Waals surface area contributed by atoms with Crippen LogP contribution in [0.25, 0.3) is 0 Å². The zero-order valence-electron chi connectivity index (χ0n) is 10.1. The molecule has 0 amide bonds. The van der Waals surface area contributed by atoms with Crippen molar-refractivity contribution in [1.29, 1.82) is 0 Å². The van der Waals surface area contributed by atoms with Crippen LogP contribution in [0.4, 0.5) is 0 Å². The van der Waals surface area contributed by atoms with Crippen LogP contribution in [-0.2, 0) is 4.79 Å². The van der Waals surface area contributed by atoms with E-state index < -0.39 is 11.6 Å². The summed E-state index contributed by atoms with van der Waals surface area (Å²) >= 11 is 7.57. The molecule has 1 unspecified atom stereocenters. The molecule has 0 saturated carbocycles. The summed E-state index contributed by atoms with van der Waals surface area (Å²) in [5.74, 6) is 0.664. The van der Waals surface area contributed by atoms with E-state index in [1.54, 1.807) is 17.8 Å². The van der Waals surface area contributed by atoms with Gasteiger partial charge in [-0.25, -0.2) is 4.79 Å². The van der Waals surface area contributed by atoms with Crippen LogP contribution in [0.15, 0.2) is 18.2 Å². The molecule has 0 bridgehead atoms. The maximum Gasteiger partial charge on any atom is 0.348 e. The lowest BCUT2D eigenvalue weighted by atomic mass is 9.99. The molecule has 1 aromatic carbocycles. The van der Waals surface area contributed by atoms with E-state index in [4.69, 9.17) is 16.3 Å². The van der Waals surface area contributed by atoms with Crippen molar-refractivity contribution in [1.82, 2.24) is 0 Å². The Morgan fingerprint density at radius 2 is 2.32 bits per heavy atom. The molecule has 1 atom stereocenters. The summed E-state index contributed by atoms with van der Waals surface area (Å²) in [6.45, 7) is 0. The van der Waals surface area contributed by atoms with Gasteiger partial charge in [0.1, 0.15) is 12.0 Å². The molecule has 102 valence electrons. The molecule has 0 aliphatic carbocycles. The van der Waals surface area contributed by atoms with Crippen molar-refractivity contribution < 1.29 is 19.4 Å². The summed E-state index contributed by atoms with van der Waals surface area (Å²) in [5, 5.41) is 9.65. The largest absolute Gasteiger partial charge is 0.478 e. The van der Waals surface area contributed by atoms with E-state index in [-0.39, 0.29) is 5.02 Å². The maximum absolute atomic E-state index is 11.5. The Balaban J connectivity index is 2.26. The van der Waals surface area contributed by atoms with Crippen LogP contribution in [-0.4, -0.2) is 34.5 Å². The van der Waals surface area contributed by atoms with Gasteiger partial charge < -0.3 is 9.84 Å². The van der Waals surface area contributed by atoms with Crippen LogP contribution >= 0.6 is 23.4 Å². The summed E-state index contributed by atoms with van der Waals surface area (Å²) < 4.78 is 5.67. The van der Waals surface area contributed by atoms with Crippen LogP contribution < -0.4 is 4.74 Å². The highest BCUT2D eigenvalue weighted by Crippen LogP contribution is 2.35. The van der Waals surface area contributed by atoms with Gasteiger partial charge in [0.05, 0.1) is 5.02 Å². The fourth-order valence-electron chi connectivity index (χ4n) is 1.95. The predicted octanol–water partition coefficient (Wildman–Crippen LogP) is 2.88. The molecule has 1 aromatic rings. The molecule has 1 fully saturated rings. The van der Waals surface area contributed by atoms with Crippen molar-refractivity contribution in [2.75, 3.05) is 11.5 Å². The van der Waals surface area contributed by atoms with Crippen LogP contribution in [0, 0.1) is 0 Å². The molecule has 1 heterocycles. The molecule has 0 spiro atoms. The summed E-state index contributed by atoms with van der Waals surface area (Å²) in [5.41, 5.74) is -0.797. The quantitative estimate of drug-likeness (QED) is 0.866. The van der Waals surface area contributed by atoms with Gasteiger partial charge in [0.25, 0.3) is 0 Å². The van der Waals surface area contributed by atoms with Crippen LogP contribution in [0.2, 0.25) is 5.02 Å². The number of ether oxygens (including phenoxy) is 1. The van der Waals surface area contributed by atoms with E-state index in [0.717, 1.165) is 12.2 Å². The Hall–Kier alpha value is -1.20. The van der Waals surface area contributed by atoms with Crippen LogP contribution in [0.3, 0.4) is 0 Å². The molecule has 1 aliphatic rings. The molecule has 0 radical (unpaired) electrons. The molecule has 4 nitrogen and oxygen atoms in total. The number of rotatable bonds is 4. The third-order valence-corrected chi connectivity index (χ3v) is 4.53. The highest BCUT2D eigenvalue weighted by Gasteiger charge is 2.43. The van der Waals surface area contributed by atoms with E-state index in [1.165, 1.54) is 12.1 Å². The van der Waals surface area contributed by atoms with Gasteiger partial charge in [-0.1, -0.05) is 11.6 Å². The number of carboxylic acid groups (broad SMARTS) is 1. The Labute approximate surface area is 120 Å². The minimum atomic E-state index is -1.23. The first-order valence-electron chi connectivity index (χ1n) is 5.82. The summed E-state index contributed by atoms with van der Waals surface area (Å²) in [6.07, 6.45) is 1.93. The summed E-state index contributed by atoms with van der Waals surface area (Å²) in [4.78, 5) is 22.1. The molecule has 1 saturated heterocycles.